The van der Waals surface area contributed by atoms with E-state index < -0.39 is 5.97 Å². The van der Waals surface area contributed by atoms with Crippen LogP contribution < -0.4 is 5.32 Å². The molecule has 3 N–H and O–H groups in total. The van der Waals surface area contributed by atoms with Gasteiger partial charge in [-0.15, -0.1) is 0 Å². The topological polar surface area (TPSA) is 89.9 Å². The van der Waals surface area contributed by atoms with Crippen molar-refractivity contribution in [2.24, 2.45) is 0 Å². The molecule has 1 heterocycles. The number of hydrogen-bond donors (Lipinski definition) is 3. The van der Waals surface area contributed by atoms with Gasteiger partial charge in [0.05, 0.1) is 6.42 Å². The smallest absolute Gasteiger partial charge is 0.317 e. The normalized spacial score (nSPS) is 19.4. The van der Waals surface area contributed by atoms with Crippen LogP contribution >= 0.6 is 0 Å². The number of carboxylic acids is 1. The van der Waals surface area contributed by atoms with Crippen LogP contribution in [0.15, 0.2) is 0 Å². The Bertz CT molecular complexity index is 270. The fourth-order valence-corrected chi connectivity index (χ4v) is 2.11. The predicted molar refractivity (Wildman–Crippen MR) is 61.7 cm³/mol. The Morgan fingerprint density at radius 1 is 1.41 bits per heavy atom. The van der Waals surface area contributed by atoms with Gasteiger partial charge in [0, 0.05) is 25.7 Å². The van der Waals surface area contributed by atoms with E-state index in [2.05, 4.69) is 5.32 Å². The number of amides is 2. The number of aliphatic hydroxyl groups is 1. The van der Waals surface area contributed by atoms with Crippen molar-refractivity contribution in [3.8, 4) is 0 Å². The van der Waals surface area contributed by atoms with E-state index in [4.69, 9.17) is 10.2 Å². The summed E-state index contributed by atoms with van der Waals surface area (Å²) in [5, 5.41) is 19.8. The fourth-order valence-electron chi connectivity index (χ4n) is 2.11. The first kappa shape index (κ1) is 13.8. The molecule has 17 heavy (non-hydrogen) atoms. The number of aliphatic carboxylic acids is 1. The first-order valence-electron chi connectivity index (χ1n) is 6.02. The third-order valence-corrected chi connectivity index (χ3v) is 2.95. The van der Waals surface area contributed by atoms with Gasteiger partial charge in [-0.3, -0.25) is 4.79 Å². The fraction of sp³-hybridized carbons (Fsp3) is 0.818. The quantitative estimate of drug-likeness (QED) is 0.631. The van der Waals surface area contributed by atoms with Crippen molar-refractivity contribution in [2.75, 3.05) is 19.7 Å². The molecule has 1 fully saturated rings. The lowest BCUT2D eigenvalue weighted by Gasteiger charge is -2.24. The lowest BCUT2D eigenvalue weighted by atomic mass is 10.1. The average Bonchev–Trinajstić information content (AvgIpc) is 2.73. The molecule has 1 rings (SSSR count). The Kier molecular flexibility index (Phi) is 5.76. The van der Waals surface area contributed by atoms with Crippen molar-refractivity contribution >= 4 is 12.0 Å². The molecule has 0 aliphatic carbocycles. The van der Waals surface area contributed by atoms with Crippen LogP contribution in [0.3, 0.4) is 0 Å². The minimum Gasteiger partial charge on any atom is -0.481 e. The summed E-state index contributed by atoms with van der Waals surface area (Å²) in [5.41, 5.74) is 0. The van der Waals surface area contributed by atoms with Gasteiger partial charge < -0.3 is 20.4 Å². The summed E-state index contributed by atoms with van der Waals surface area (Å²) in [6.45, 7) is 1.03. The van der Waals surface area contributed by atoms with E-state index in [1.807, 2.05) is 0 Å². The molecule has 2 amide bonds. The van der Waals surface area contributed by atoms with Crippen LogP contribution in [-0.4, -0.2) is 52.9 Å². The lowest BCUT2D eigenvalue weighted by Crippen LogP contribution is -2.43. The Balaban J connectivity index is 2.31. The van der Waals surface area contributed by atoms with E-state index in [9.17, 15) is 9.59 Å². The highest BCUT2D eigenvalue weighted by Crippen LogP contribution is 2.21. The molecular formula is C11H20N2O4. The van der Waals surface area contributed by atoms with Crippen LogP contribution in [0.5, 0.6) is 0 Å². The van der Waals surface area contributed by atoms with Gasteiger partial charge in [-0.1, -0.05) is 0 Å². The molecule has 1 atom stereocenters. The summed E-state index contributed by atoms with van der Waals surface area (Å²) in [7, 11) is 0. The molecule has 1 unspecified atom stereocenters. The van der Waals surface area contributed by atoms with Gasteiger partial charge in [-0.2, -0.15) is 0 Å². The van der Waals surface area contributed by atoms with E-state index in [0.717, 1.165) is 25.8 Å². The summed E-state index contributed by atoms with van der Waals surface area (Å²) < 4.78 is 0. The molecule has 1 aliphatic rings. The Morgan fingerprint density at radius 2 is 2.18 bits per heavy atom. The van der Waals surface area contributed by atoms with Crippen molar-refractivity contribution < 1.29 is 19.8 Å². The van der Waals surface area contributed by atoms with Crippen molar-refractivity contribution in [2.45, 2.75) is 38.1 Å². The van der Waals surface area contributed by atoms with Gasteiger partial charge in [0.15, 0.2) is 0 Å². The second-order valence-corrected chi connectivity index (χ2v) is 4.23. The maximum Gasteiger partial charge on any atom is 0.317 e. The molecule has 1 aliphatic heterocycles. The number of carbonyl (C=O) groups is 2. The van der Waals surface area contributed by atoms with Gasteiger partial charge in [-0.25, -0.2) is 4.79 Å². The number of carboxylic acid groups (broad SMARTS) is 1. The third kappa shape index (κ3) is 4.60. The molecule has 0 aromatic heterocycles. The van der Waals surface area contributed by atoms with E-state index in [1.54, 1.807) is 4.90 Å². The maximum absolute atomic E-state index is 11.8. The lowest BCUT2D eigenvalue weighted by molar-refractivity contribution is -0.136. The minimum atomic E-state index is -0.913. The Morgan fingerprint density at radius 3 is 2.82 bits per heavy atom. The summed E-state index contributed by atoms with van der Waals surface area (Å²) in [6, 6.07) is -0.00123. The Hall–Kier alpha value is -1.30. The van der Waals surface area contributed by atoms with Crippen LogP contribution in [-0.2, 0) is 4.79 Å². The molecule has 0 aromatic carbocycles. The molecule has 0 spiro atoms. The summed E-state index contributed by atoms with van der Waals surface area (Å²) in [6.07, 6.45) is 3.39. The van der Waals surface area contributed by atoms with E-state index >= 15 is 0 Å². The van der Waals surface area contributed by atoms with E-state index in [1.165, 1.54) is 0 Å². The molecule has 0 radical (unpaired) electrons. The van der Waals surface area contributed by atoms with Crippen molar-refractivity contribution in [1.82, 2.24) is 10.2 Å². The van der Waals surface area contributed by atoms with E-state index in [0.29, 0.717) is 6.42 Å². The standard InChI is InChI=1S/C11H20N2O4/c14-8-2-4-9-3-1-7-13(9)11(17)12-6-5-10(15)16/h9,14H,1-8H2,(H,12,17)(H,15,16). The van der Waals surface area contributed by atoms with Crippen molar-refractivity contribution in [1.29, 1.82) is 0 Å². The highest BCUT2D eigenvalue weighted by molar-refractivity contribution is 5.75. The first-order chi connectivity index (χ1) is 8.15. The molecule has 0 saturated carbocycles. The zero-order chi connectivity index (χ0) is 12.7. The molecule has 1 saturated heterocycles. The maximum atomic E-state index is 11.8. The number of likely N-dealkylation sites (tertiary alicyclic amines) is 1. The largest absolute Gasteiger partial charge is 0.481 e. The van der Waals surface area contributed by atoms with Gasteiger partial charge in [-0.05, 0) is 25.7 Å². The zero-order valence-corrected chi connectivity index (χ0v) is 9.89. The number of rotatable bonds is 6. The summed E-state index contributed by atoms with van der Waals surface area (Å²) in [4.78, 5) is 23.8. The highest BCUT2D eigenvalue weighted by atomic mass is 16.4. The number of aliphatic hydroxyl groups excluding tert-OH is 1. The van der Waals surface area contributed by atoms with Crippen LogP contribution in [0.4, 0.5) is 4.79 Å². The Labute approximate surface area is 101 Å². The highest BCUT2D eigenvalue weighted by Gasteiger charge is 2.27. The predicted octanol–water partition coefficient (Wildman–Crippen LogP) is 0.408. The van der Waals surface area contributed by atoms with Crippen LogP contribution in [0, 0.1) is 0 Å². The van der Waals surface area contributed by atoms with Crippen molar-refractivity contribution in [3.63, 3.8) is 0 Å². The number of hydrogen-bond acceptors (Lipinski definition) is 3. The molecule has 0 bridgehead atoms. The van der Waals surface area contributed by atoms with E-state index in [-0.39, 0.29) is 31.6 Å². The minimum absolute atomic E-state index is 0.0547. The second kappa shape index (κ2) is 7.11. The summed E-state index contributed by atoms with van der Waals surface area (Å²) in [5.74, 6) is -0.913. The van der Waals surface area contributed by atoms with Gasteiger partial charge in [0.25, 0.3) is 0 Å². The monoisotopic (exact) mass is 244 g/mol. The van der Waals surface area contributed by atoms with Gasteiger partial charge in [0.1, 0.15) is 0 Å². The van der Waals surface area contributed by atoms with Gasteiger partial charge >= 0.3 is 12.0 Å². The second-order valence-electron chi connectivity index (χ2n) is 4.23. The molecule has 6 nitrogen and oxygen atoms in total. The van der Waals surface area contributed by atoms with Crippen LogP contribution in [0.1, 0.15) is 32.1 Å². The molecule has 0 aromatic rings. The number of nitrogens with zero attached hydrogens (tertiary/aromatic N) is 1. The third-order valence-electron chi connectivity index (χ3n) is 2.95. The first-order valence-corrected chi connectivity index (χ1v) is 6.02. The molecular weight excluding hydrogens is 224 g/mol. The van der Waals surface area contributed by atoms with Gasteiger partial charge in [0.2, 0.25) is 0 Å². The molecule has 98 valence electrons. The number of carbonyl (C=O) groups excluding carboxylic acids is 1. The average molecular weight is 244 g/mol. The van der Waals surface area contributed by atoms with Crippen LogP contribution in [0.2, 0.25) is 0 Å². The SMILES string of the molecule is O=C(O)CCNC(=O)N1CCCC1CCCO. The zero-order valence-electron chi connectivity index (χ0n) is 9.89. The number of nitrogens with one attached hydrogen (secondary N) is 1. The van der Waals surface area contributed by atoms with Crippen LogP contribution in [0.25, 0.3) is 0 Å². The molecule has 6 heteroatoms. The van der Waals surface area contributed by atoms with Crippen molar-refractivity contribution in [3.05, 3.63) is 0 Å². The number of urea groups is 1. The summed E-state index contributed by atoms with van der Waals surface area (Å²) >= 11 is 0.